The zero-order valence-corrected chi connectivity index (χ0v) is 8.30. The van der Waals surface area contributed by atoms with Crippen molar-refractivity contribution >= 4 is 0 Å². The van der Waals surface area contributed by atoms with E-state index in [0.29, 0.717) is 0 Å². The van der Waals surface area contributed by atoms with Gasteiger partial charge in [-0.2, -0.15) is 0 Å². The number of allylic oxidation sites excluding steroid dienone is 1. The lowest BCUT2D eigenvalue weighted by molar-refractivity contribution is -0.0778. The van der Waals surface area contributed by atoms with Crippen LogP contribution >= 0.6 is 0 Å². The molecule has 2 nitrogen and oxygen atoms in total. The van der Waals surface area contributed by atoms with Crippen LogP contribution in [0.5, 0.6) is 0 Å². The maximum absolute atomic E-state index is 5.42. The van der Waals surface area contributed by atoms with Gasteiger partial charge in [-0.3, -0.25) is 0 Å². The van der Waals surface area contributed by atoms with E-state index in [0.717, 1.165) is 24.0 Å². The molecule has 0 aromatic heterocycles. The average molecular weight is 180 g/mol. The number of hydrogen-bond acceptors (Lipinski definition) is 2. The number of hydrogen-bond donors (Lipinski definition) is 0. The summed E-state index contributed by atoms with van der Waals surface area (Å²) in [7, 11) is 3.29. The Bertz CT molecular complexity index is 231. The summed E-state index contributed by atoms with van der Waals surface area (Å²) in [6.45, 7) is 0. The average Bonchev–Trinajstić information content (AvgIpc) is 2.20. The SMILES string of the molecule is C#CC1=C(C(OC)OC)CCCC1. The molecule has 13 heavy (non-hydrogen) atoms. The third-order valence-electron chi connectivity index (χ3n) is 2.40. The topological polar surface area (TPSA) is 18.5 Å². The molecule has 0 N–H and O–H groups in total. The maximum Gasteiger partial charge on any atom is 0.180 e. The molecule has 0 saturated heterocycles. The van der Waals surface area contributed by atoms with Crippen LogP contribution in [-0.2, 0) is 9.47 Å². The molecular weight excluding hydrogens is 164 g/mol. The Labute approximate surface area is 79.9 Å². The first-order valence-corrected chi connectivity index (χ1v) is 4.57. The monoisotopic (exact) mass is 180 g/mol. The van der Waals surface area contributed by atoms with Gasteiger partial charge >= 0.3 is 0 Å². The molecule has 0 aliphatic heterocycles. The normalized spacial score (nSPS) is 17.7. The Morgan fingerprint density at radius 3 is 2.38 bits per heavy atom. The largest absolute Gasteiger partial charge is 0.352 e. The maximum atomic E-state index is 5.42. The van der Waals surface area contributed by atoms with Crippen molar-refractivity contribution in [2.24, 2.45) is 0 Å². The van der Waals surface area contributed by atoms with Crippen LogP contribution in [-0.4, -0.2) is 20.5 Å². The lowest BCUT2D eigenvalue weighted by atomic mass is 9.92. The molecule has 0 unspecified atom stereocenters. The van der Waals surface area contributed by atoms with Crippen molar-refractivity contribution in [3.8, 4) is 12.3 Å². The minimum Gasteiger partial charge on any atom is -0.352 e. The molecular formula is C11H16O2. The minimum absolute atomic E-state index is 0.244. The fourth-order valence-electron chi connectivity index (χ4n) is 1.73. The van der Waals surface area contributed by atoms with E-state index in [1.165, 1.54) is 12.8 Å². The summed E-state index contributed by atoms with van der Waals surface area (Å²) < 4.78 is 10.4. The molecule has 0 heterocycles. The Morgan fingerprint density at radius 2 is 1.85 bits per heavy atom. The van der Waals surface area contributed by atoms with Crippen molar-refractivity contribution in [2.45, 2.75) is 32.0 Å². The first-order valence-electron chi connectivity index (χ1n) is 4.57. The van der Waals surface area contributed by atoms with E-state index >= 15 is 0 Å². The lowest BCUT2D eigenvalue weighted by Crippen LogP contribution is -2.19. The lowest BCUT2D eigenvalue weighted by Gasteiger charge is -2.23. The number of methoxy groups -OCH3 is 2. The Balaban J connectivity index is 2.84. The van der Waals surface area contributed by atoms with Crippen LogP contribution in [0.1, 0.15) is 25.7 Å². The van der Waals surface area contributed by atoms with Gasteiger partial charge in [0.05, 0.1) is 0 Å². The second-order valence-electron chi connectivity index (χ2n) is 3.16. The molecule has 0 fully saturated rings. The molecule has 0 aromatic carbocycles. The summed E-state index contributed by atoms with van der Waals surface area (Å²) in [5.74, 6) is 2.72. The molecule has 0 spiro atoms. The van der Waals surface area contributed by atoms with E-state index < -0.39 is 0 Å². The number of ether oxygens (including phenoxy) is 2. The van der Waals surface area contributed by atoms with Gasteiger partial charge < -0.3 is 9.47 Å². The van der Waals surface area contributed by atoms with Crippen molar-refractivity contribution in [3.63, 3.8) is 0 Å². The summed E-state index contributed by atoms with van der Waals surface area (Å²) in [5.41, 5.74) is 2.22. The zero-order valence-electron chi connectivity index (χ0n) is 8.30. The van der Waals surface area contributed by atoms with Gasteiger partial charge in [0.1, 0.15) is 0 Å². The molecule has 1 aliphatic rings. The summed E-state index contributed by atoms with van der Waals surface area (Å²) in [6, 6.07) is 0. The van der Waals surface area contributed by atoms with Crippen LogP contribution in [0.2, 0.25) is 0 Å². The van der Waals surface area contributed by atoms with Crippen LogP contribution < -0.4 is 0 Å². The van der Waals surface area contributed by atoms with Crippen LogP contribution in [0.3, 0.4) is 0 Å². The van der Waals surface area contributed by atoms with Crippen molar-refractivity contribution < 1.29 is 9.47 Å². The molecule has 0 amide bonds. The van der Waals surface area contributed by atoms with Gasteiger partial charge in [-0.05, 0) is 31.3 Å². The highest BCUT2D eigenvalue weighted by Gasteiger charge is 2.19. The molecule has 1 aliphatic carbocycles. The Hall–Kier alpha value is -0.780. The first-order chi connectivity index (χ1) is 6.33. The second-order valence-corrected chi connectivity index (χ2v) is 3.16. The molecule has 0 saturated carbocycles. The quantitative estimate of drug-likeness (QED) is 0.489. The standard InChI is InChI=1S/C11H16O2/c1-4-9-7-5-6-8-10(9)11(12-2)13-3/h1,11H,5-8H2,2-3H3. The van der Waals surface area contributed by atoms with Crippen LogP contribution in [0, 0.1) is 12.3 Å². The van der Waals surface area contributed by atoms with Gasteiger partial charge in [0.25, 0.3) is 0 Å². The molecule has 2 heteroatoms. The van der Waals surface area contributed by atoms with Gasteiger partial charge in [0, 0.05) is 19.8 Å². The van der Waals surface area contributed by atoms with Crippen molar-refractivity contribution in [3.05, 3.63) is 11.1 Å². The van der Waals surface area contributed by atoms with E-state index in [4.69, 9.17) is 15.9 Å². The third kappa shape index (κ3) is 2.33. The third-order valence-corrected chi connectivity index (χ3v) is 2.40. The van der Waals surface area contributed by atoms with Gasteiger partial charge in [0.2, 0.25) is 0 Å². The summed E-state index contributed by atoms with van der Waals surface area (Å²) in [5, 5.41) is 0. The Morgan fingerprint density at radius 1 is 1.23 bits per heavy atom. The van der Waals surface area contributed by atoms with Crippen molar-refractivity contribution in [1.29, 1.82) is 0 Å². The highest BCUT2D eigenvalue weighted by atomic mass is 16.7. The van der Waals surface area contributed by atoms with E-state index in [9.17, 15) is 0 Å². The van der Waals surface area contributed by atoms with Gasteiger partial charge in [0.15, 0.2) is 6.29 Å². The van der Waals surface area contributed by atoms with E-state index in [1.54, 1.807) is 14.2 Å². The van der Waals surface area contributed by atoms with Crippen LogP contribution in [0.15, 0.2) is 11.1 Å². The van der Waals surface area contributed by atoms with Crippen molar-refractivity contribution in [2.75, 3.05) is 14.2 Å². The predicted octanol–water partition coefficient (Wildman–Crippen LogP) is 2.11. The van der Waals surface area contributed by atoms with E-state index in [-0.39, 0.29) is 6.29 Å². The van der Waals surface area contributed by atoms with Gasteiger partial charge in [-0.1, -0.05) is 5.92 Å². The predicted molar refractivity (Wildman–Crippen MR) is 52.1 cm³/mol. The highest BCUT2D eigenvalue weighted by molar-refractivity contribution is 5.34. The Kier molecular flexibility index (Phi) is 4.01. The summed E-state index contributed by atoms with van der Waals surface area (Å²) in [6.07, 6.45) is 9.55. The molecule has 0 atom stereocenters. The van der Waals surface area contributed by atoms with E-state index in [1.807, 2.05) is 0 Å². The van der Waals surface area contributed by atoms with Gasteiger partial charge in [-0.25, -0.2) is 0 Å². The number of rotatable bonds is 3. The fraction of sp³-hybridized carbons (Fsp3) is 0.636. The molecule has 0 bridgehead atoms. The molecule has 0 radical (unpaired) electrons. The second kappa shape index (κ2) is 5.06. The summed E-state index contributed by atoms with van der Waals surface area (Å²) in [4.78, 5) is 0. The minimum atomic E-state index is -0.244. The molecule has 0 aromatic rings. The van der Waals surface area contributed by atoms with Gasteiger partial charge in [-0.15, -0.1) is 6.42 Å². The zero-order chi connectivity index (χ0) is 9.68. The fourth-order valence-corrected chi connectivity index (χ4v) is 1.73. The van der Waals surface area contributed by atoms with Crippen LogP contribution in [0.25, 0.3) is 0 Å². The molecule has 1 rings (SSSR count). The van der Waals surface area contributed by atoms with E-state index in [2.05, 4.69) is 5.92 Å². The van der Waals surface area contributed by atoms with Crippen molar-refractivity contribution in [1.82, 2.24) is 0 Å². The number of terminal acetylenes is 1. The summed E-state index contributed by atoms with van der Waals surface area (Å²) >= 11 is 0. The highest BCUT2D eigenvalue weighted by Crippen LogP contribution is 2.27. The van der Waals surface area contributed by atoms with Crippen LogP contribution in [0.4, 0.5) is 0 Å². The first kappa shape index (κ1) is 10.3. The molecule has 72 valence electrons. The smallest absolute Gasteiger partial charge is 0.180 e.